The van der Waals surface area contributed by atoms with Gasteiger partial charge in [0.2, 0.25) is 5.91 Å². The Labute approximate surface area is 137 Å². The average molecular weight is 334 g/mol. The van der Waals surface area contributed by atoms with E-state index in [0.29, 0.717) is 25.3 Å². The second kappa shape index (κ2) is 7.36. The smallest absolute Gasteiger partial charge is 0.316 e. The van der Waals surface area contributed by atoms with Crippen LogP contribution in [0.3, 0.4) is 0 Å². The van der Waals surface area contributed by atoms with E-state index in [1.54, 1.807) is 17.3 Å². The zero-order valence-electron chi connectivity index (χ0n) is 12.3. The van der Waals surface area contributed by atoms with Gasteiger partial charge in [0.1, 0.15) is 6.10 Å². The highest BCUT2D eigenvalue weighted by Crippen LogP contribution is 2.20. The maximum absolute atomic E-state index is 12.8. The predicted octanol–water partition coefficient (Wildman–Crippen LogP) is 1.78. The summed E-state index contributed by atoms with van der Waals surface area (Å²) in [4.78, 5) is 26.5. The number of carbonyl (C=O) groups excluding carboxylic acids is 1. The molecule has 0 aliphatic carbocycles. The molecule has 23 heavy (non-hydrogen) atoms. The Kier molecular flexibility index (Phi) is 5.02. The summed E-state index contributed by atoms with van der Waals surface area (Å²) in [5.74, 6) is -0.0595. The van der Waals surface area contributed by atoms with Crippen molar-refractivity contribution in [2.75, 3.05) is 18.8 Å². The number of aromatic nitrogens is 3. The van der Waals surface area contributed by atoms with Gasteiger partial charge in [0.15, 0.2) is 5.82 Å². The summed E-state index contributed by atoms with van der Waals surface area (Å²) in [6, 6.07) is 3.89. The van der Waals surface area contributed by atoms with Crippen LogP contribution < -0.4 is 4.74 Å². The van der Waals surface area contributed by atoms with Crippen LogP contribution in [0.4, 0.5) is 4.39 Å². The van der Waals surface area contributed by atoms with E-state index in [1.165, 1.54) is 11.8 Å². The third-order valence-electron chi connectivity index (χ3n) is 3.38. The van der Waals surface area contributed by atoms with Gasteiger partial charge < -0.3 is 9.64 Å². The van der Waals surface area contributed by atoms with Gasteiger partial charge in [-0.15, -0.1) is 11.8 Å². The second-order valence-corrected chi connectivity index (χ2v) is 6.07. The molecule has 0 aromatic carbocycles. The van der Waals surface area contributed by atoms with Crippen LogP contribution in [0, 0.1) is 5.82 Å². The number of hydrogen-bond acceptors (Lipinski definition) is 6. The van der Waals surface area contributed by atoms with E-state index in [1.807, 2.05) is 12.1 Å². The van der Waals surface area contributed by atoms with Crippen molar-refractivity contribution in [3.63, 3.8) is 0 Å². The summed E-state index contributed by atoms with van der Waals surface area (Å²) >= 11 is 1.48. The minimum Gasteiger partial charge on any atom is -0.458 e. The van der Waals surface area contributed by atoms with Crippen LogP contribution in [0.5, 0.6) is 6.01 Å². The van der Waals surface area contributed by atoms with Crippen molar-refractivity contribution in [2.24, 2.45) is 0 Å². The fraction of sp³-hybridized carbons (Fsp3) is 0.333. The van der Waals surface area contributed by atoms with Crippen molar-refractivity contribution in [2.45, 2.75) is 17.4 Å². The monoisotopic (exact) mass is 334 g/mol. The van der Waals surface area contributed by atoms with Crippen LogP contribution in [-0.4, -0.2) is 50.7 Å². The van der Waals surface area contributed by atoms with Crippen LogP contribution in [0.1, 0.15) is 6.42 Å². The molecule has 1 fully saturated rings. The third-order valence-corrected chi connectivity index (χ3v) is 4.38. The highest BCUT2D eigenvalue weighted by molar-refractivity contribution is 8.00. The molecule has 0 spiro atoms. The van der Waals surface area contributed by atoms with Gasteiger partial charge in [-0.1, -0.05) is 0 Å². The van der Waals surface area contributed by atoms with Crippen LogP contribution in [0.15, 0.2) is 41.8 Å². The van der Waals surface area contributed by atoms with Gasteiger partial charge in [0.05, 0.1) is 24.7 Å². The molecule has 0 saturated carbocycles. The zero-order valence-corrected chi connectivity index (χ0v) is 13.1. The maximum atomic E-state index is 12.8. The van der Waals surface area contributed by atoms with Crippen molar-refractivity contribution in [3.8, 4) is 6.01 Å². The Morgan fingerprint density at radius 1 is 1.35 bits per heavy atom. The molecule has 0 radical (unpaired) electrons. The Hall–Kier alpha value is -2.22. The Balaban J connectivity index is 1.47. The Morgan fingerprint density at radius 2 is 2.09 bits per heavy atom. The quantitative estimate of drug-likeness (QED) is 0.777. The van der Waals surface area contributed by atoms with E-state index in [-0.39, 0.29) is 18.0 Å². The van der Waals surface area contributed by atoms with E-state index in [0.717, 1.165) is 17.3 Å². The van der Waals surface area contributed by atoms with Crippen LogP contribution >= 0.6 is 11.8 Å². The molecule has 3 rings (SSSR count). The number of halogens is 1. The Bertz CT molecular complexity index is 656. The summed E-state index contributed by atoms with van der Waals surface area (Å²) in [6.45, 7) is 1.14. The average Bonchev–Trinajstić information content (AvgIpc) is 3.04. The molecular formula is C15H15FN4O2S. The maximum Gasteiger partial charge on any atom is 0.316 e. The summed E-state index contributed by atoms with van der Waals surface area (Å²) in [5.41, 5.74) is 0. The number of ether oxygens (including phenoxy) is 1. The van der Waals surface area contributed by atoms with Crippen molar-refractivity contribution in [1.82, 2.24) is 19.9 Å². The lowest BCUT2D eigenvalue weighted by atomic mass is 10.3. The lowest BCUT2D eigenvalue weighted by Gasteiger charge is -2.16. The van der Waals surface area contributed by atoms with Gasteiger partial charge in [-0.25, -0.2) is 14.4 Å². The summed E-state index contributed by atoms with van der Waals surface area (Å²) < 4.78 is 18.3. The molecule has 1 aliphatic rings. The molecule has 8 heteroatoms. The third kappa shape index (κ3) is 4.38. The molecule has 3 heterocycles. The van der Waals surface area contributed by atoms with Crippen molar-refractivity contribution in [1.29, 1.82) is 0 Å². The SMILES string of the molecule is O=C(CSc1ccncc1)N1CC[C@@H](Oc2ncc(F)cn2)C1. The van der Waals surface area contributed by atoms with Gasteiger partial charge in [-0.2, -0.15) is 0 Å². The Morgan fingerprint density at radius 3 is 2.83 bits per heavy atom. The van der Waals surface area contributed by atoms with E-state index in [2.05, 4.69) is 15.0 Å². The number of hydrogen-bond donors (Lipinski definition) is 0. The molecule has 2 aromatic heterocycles. The van der Waals surface area contributed by atoms with Gasteiger partial charge in [-0.3, -0.25) is 9.78 Å². The normalized spacial score (nSPS) is 17.3. The van der Waals surface area contributed by atoms with Crippen molar-refractivity contribution < 1.29 is 13.9 Å². The zero-order chi connectivity index (χ0) is 16.1. The molecule has 120 valence electrons. The number of amides is 1. The number of pyridine rings is 1. The first-order chi connectivity index (χ1) is 11.2. The summed E-state index contributed by atoms with van der Waals surface area (Å²) in [6.07, 6.45) is 6.09. The van der Waals surface area contributed by atoms with E-state index in [4.69, 9.17) is 4.74 Å². The van der Waals surface area contributed by atoms with Crippen molar-refractivity contribution >= 4 is 17.7 Å². The fourth-order valence-corrected chi connectivity index (χ4v) is 3.02. The standard InChI is InChI=1S/C15H15FN4O2S/c16-11-7-18-15(19-8-11)22-12-3-6-20(9-12)14(21)10-23-13-1-4-17-5-2-13/h1-2,4-5,7-8,12H,3,6,9-10H2/t12-/m1/s1. The van der Waals surface area contributed by atoms with Crippen LogP contribution in [0.2, 0.25) is 0 Å². The van der Waals surface area contributed by atoms with Gasteiger partial charge in [0.25, 0.3) is 0 Å². The number of likely N-dealkylation sites (tertiary alicyclic amines) is 1. The van der Waals surface area contributed by atoms with Gasteiger partial charge in [-0.05, 0) is 12.1 Å². The molecular weight excluding hydrogens is 319 g/mol. The van der Waals surface area contributed by atoms with Gasteiger partial charge >= 0.3 is 6.01 Å². The number of nitrogens with zero attached hydrogens (tertiary/aromatic N) is 4. The minimum atomic E-state index is -0.506. The van der Waals surface area contributed by atoms with E-state index < -0.39 is 5.82 Å². The first kappa shape index (κ1) is 15.7. The first-order valence-electron chi connectivity index (χ1n) is 7.15. The molecule has 0 N–H and O–H groups in total. The van der Waals surface area contributed by atoms with E-state index >= 15 is 0 Å². The topological polar surface area (TPSA) is 68.2 Å². The highest BCUT2D eigenvalue weighted by Gasteiger charge is 2.28. The molecule has 0 bridgehead atoms. The lowest BCUT2D eigenvalue weighted by molar-refractivity contribution is -0.127. The number of rotatable bonds is 5. The molecule has 0 unspecified atom stereocenters. The fourth-order valence-electron chi connectivity index (χ4n) is 2.23. The second-order valence-electron chi connectivity index (χ2n) is 5.02. The first-order valence-corrected chi connectivity index (χ1v) is 8.14. The van der Waals surface area contributed by atoms with Gasteiger partial charge in [0, 0.05) is 30.3 Å². The predicted molar refractivity (Wildman–Crippen MR) is 82.6 cm³/mol. The summed E-state index contributed by atoms with van der Waals surface area (Å²) in [5, 5.41) is 0. The van der Waals surface area contributed by atoms with Crippen LogP contribution in [0.25, 0.3) is 0 Å². The molecule has 1 aliphatic heterocycles. The van der Waals surface area contributed by atoms with Crippen molar-refractivity contribution in [3.05, 3.63) is 42.7 Å². The highest BCUT2D eigenvalue weighted by atomic mass is 32.2. The molecule has 1 amide bonds. The minimum absolute atomic E-state index is 0.0675. The molecule has 6 nitrogen and oxygen atoms in total. The van der Waals surface area contributed by atoms with Crippen LogP contribution in [-0.2, 0) is 4.79 Å². The van der Waals surface area contributed by atoms with E-state index in [9.17, 15) is 9.18 Å². The molecule has 1 saturated heterocycles. The lowest BCUT2D eigenvalue weighted by Crippen LogP contribution is -2.32. The molecule has 2 aromatic rings. The largest absolute Gasteiger partial charge is 0.458 e. The number of thioether (sulfide) groups is 1. The molecule has 1 atom stereocenters. The number of carbonyl (C=O) groups is 1. The summed E-state index contributed by atoms with van der Waals surface area (Å²) in [7, 11) is 0.